The molecule has 21 heavy (non-hydrogen) atoms. The van der Waals surface area contributed by atoms with E-state index in [1.165, 1.54) is 6.07 Å². The van der Waals surface area contributed by atoms with Crippen LogP contribution >= 0.6 is 0 Å². The minimum absolute atomic E-state index is 0.0254. The topological polar surface area (TPSA) is 35.2 Å². The molecule has 0 radical (unpaired) electrons. The Morgan fingerprint density at radius 2 is 1.86 bits per heavy atom. The molecule has 4 heteroatoms. The number of aryl methyl sites for hydroxylation is 1. The number of rotatable bonds is 5. The van der Waals surface area contributed by atoms with Crippen LogP contribution in [-0.4, -0.2) is 6.04 Å². The van der Waals surface area contributed by atoms with E-state index in [-0.39, 0.29) is 12.6 Å². The SMILES string of the molecule is Cc1ccc(OCc2ccc(F)c(F)c2)c(CC(C)N)c1. The lowest BCUT2D eigenvalue weighted by atomic mass is 10.0. The molecule has 1 atom stereocenters. The molecule has 0 aliphatic carbocycles. The van der Waals surface area contributed by atoms with Crippen molar-refractivity contribution in [2.24, 2.45) is 5.73 Å². The standard InChI is InChI=1S/C17H19F2NO/c1-11-3-6-17(14(7-11)8-12(2)20)21-10-13-4-5-15(18)16(19)9-13/h3-7,9,12H,8,10,20H2,1-2H3. The zero-order chi connectivity index (χ0) is 15.4. The number of benzene rings is 2. The summed E-state index contributed by atoms with van der Waals surface area (Å²) in [5.74, 6) is -0.995. The van der Waals surface area contributed by atoms with Gasteiger partial charge in [0.05, 0.1) is 0 Å². The molecule has 2 rings (SSSR count). The highest BCUT2D eigenvalue weighted by molar-refractivity contribution is 5.37. The van der Waals surface area contributed by atoms with E-state index >= 15 is 0 Å². The summed E-state index contributed by atoms with van der Waals surface area (Å²) in [6.07, 6.45) is 0.703. The summed E-state index contributed by atoms with van der Waals surface area (Å²) in [5, 5.41) is 0. The average molecular weight is 291 g/mol. The average Bonchev–Trinajstić information content (AvgIpc) is 2.41. The van der Waals surface area contributed by atoms with Gasteiger partial charge < -0.3 is 10.5 Å². The van der Waals surface area contributed by atoms with Gasteiger partial charge in [0.2, 0.25) is 0 Å². The van der Waals surface area contributed by atoms with Gasteiger partial charge in [0.15, 0.2) is 11.6 Å². The summed E-state index contributed by atoms with van der Waals surface area (Å²) < 4.78 is 31.8. The van der Waals surface area contributed by atoms with Crippen LogP contribution in [0.4, 0.5) is 8.78 Å². The molecule has 1 unspecified atom stereocenters. The number of halogens is 2. The van der Waals surface area contributed by atoms with E-state index in [0.29, 0.717) is 12.0 Å². The smallest absolute Gasteiger partial charge is 0.159 e. The fraction of sp³-hybridized carbons (Fsp3) is 0.294. The first-order chi connectivity index (χ1) is 9.95. The van der Waals surface area contributed by atoms with Gasteiger partial charge >= 0.3 is 0 Å². The van der Waals surface area contributed by atoms with Gasteiger partial charge in [-0.25, -0.2) is 8.78 Å². The van der Waals surface area contributed by atoms with Gasteiger partial charge in [-0.3, -0.25) is 0 Å². The third-order valence-corrected chi connectivity index (χ3v) is 3.14. The van der Waals surface area contributed by atoms with E-state index in [1.807, 2.05) is 32.0 Å². The number of nitrogens with two attached hydrogens (primary N) is 1. The first-order valence-electron chi connectivity index (χ1n) is 6.87. The molecule has 0 saturated carbocycles. The van der Waals surface area contributed by atoms with Crippen LogP contribution in [0.1, 0.15) is 23.6 Å². The quantitative estimate of drug-likeness (QED) is 0.910. The predicted octanol–water partition coefficient (Wildman–Crippen LogP) is 3.74. The van der Waals surface area contributed by atoms with Crippen molar-refractivity contribution in [3.63, 3.8) is 0 Å². The molecule has 0 amide bonds. The van der Waals surface area contributed by atoms with Crippen LogP contribution in [0.25, 0.3) is 0 Å². The van der Waals surface area contributed by atoms with E-state index in [1.54, 1.807) is 0 Å². The van der Waals surface area contributed by atoms with Gasteiger partial charge in [-0.1, -0.05) is 23.8 Å². The Morgan fingerprint density at radius 1 is 1.10 bits per heavy atom. The van der Waals surface area contributed by atoms with Gasteiger partial charge in [-0.15, -0.1) is 0 Å². The fourth-order valence-electron chi connectivity index (χ4n) is 2.15. The van der Waals surface area contributed by atoms with Crippen LogP contribution in [0, 0.1) is 18.6 Å². The molecule has 2 aromatic rings. The van der Waals surface area contributed by atoms with E-state index < -0.39 is 11.6 Å². The lowest BCUT2D eigenvalue weighted by Crippen LogP contribution is -2.18. The minimum Gasteiger partial charge on any atom is -0.489 e. The second-order valence-corrected chi connectivity index (χ2v) is 5.33. The van der Waals surface area contributed by atoms with E-state index in [9.17, 15) is 8.78 Å². The minimum atomic E-state index is -0.865. The van der Waals surface area contributed by atoms with Crippen molar-refractivity contribution in [3.05, 3.63) is 64.7 Å². The Morgan fingerprint density at radius 3 is 2.52 bits per heavy atom. The molecule has 0 aliphatic heterocycles. The van der Waals surface area contributed by atoms with Gasteiger partial charge in [-0.05, 0) is 49.6 Å². The third kappa shape index (κ3) is 4.26. The number of hydrogen-bond acceptors (Lipinski definition) is 2. The second-order valence-electron chi connectivity index (χ2n) is 5.33. The lowest BCUT2D eigenvalue weighted by Gasteiger charge is -2.14. The van der Waals surface area contributed by atoms with Crippen molar-refractivity contribution in [2.45, 2.75) is 32.9 Å². The molecule has 0 aliphatic rings. The van der Waals surface area contributed by atoms with Crippen LogP contribution < -0.4 is 10.5 Å². The van der Waals surface area contributed by atoms with Gasteiger partial charge in [0.25, 0.3) is 0 Å². The molecule has 0 heterocycles. The van der Waals surface area contributed by atoms with Crippen molar-refractivity contribution < 1.29 is 13.5 Å². The monoisotopic (exact) mass is 291 g/mol. The van der Waals surface area contributed by atoms with Crippen molar-refractivity contribution in [2.75, 3.05) is 0 Å². The summed E-state index contributed by atoms with van der Waals surface area (Å²) in [6.45, 7) is 4.12. The molecule has 0 fully saturated rings. The zero-order valence-electron chi connectivity index (χ0n) is 12.2. The zero-order valence-corrected chi connectivity index (χ0v) is 12.2. The molecule has 112 valence electrons. The Balaban J connectivity index is 2.13. The van der Waals surface area contributed by atoms with E-state index in [0.717, 1.165) is 29.0 Å². The van der Waals surface area contributed by atoms with Crippen molar-refractivity contribution in [1.29, 1.82) is 0 Å². The maximum absolute atomic E-state index is 13.2. The third-order valence-electron chi connectivity index (χ3n) is 3.14. The summed E-state index contributed by atoms with van der Waals surface area (Å²) in [5.41, 5.74) is 8.58. The van der Waals surface area contributed by atoms with Crippen molar-refractivity contribution >= 4 is 0 Å². The fourth-order valence-corrected chi connectivity index (χ4v) is 2.15. The first-order valence-corrected chi connectivity index (χ1v) is 6.87. The van der Waals surface area contributed by atoms with Crippen LogP contribution in [0.5, 0.6) is 5.75 Å². The van der Waals surface area contributed by atoms with Crippen molar-refractivity contribution in [1.82, 2.24) is 0 Å². The first kappa shape index (κ1) is 15.4. The summed E-state index contributed by atoms with van der Waals surface area (Å²) >= 11 is 0. The molecular weight excluding hydrogens is 272 g/mol. The molecule has 0 spiro atoms. The van der Waals surface area contributed by atoms with E-state index in [4.69, 9.17) is 10.5 Å². The van der Waals surface area contributed by atoms with Crippen molar-refractivity contribution in [3.8, 4) is 5.75 Å². The Hall–Kier alpha value is -1.94. The maximum Gasteiger partial charge on any atom is 0.159 e. The molecule has 0 aromatic heterocycles. The van der Waals surface area contributed by atoms with Crippen LogP contribution in [0.15, 0.2) is 36.4 Å². The number of hydrogen-bond donors (Lipinski definition) is 1. The van der Waals surface area contributed by atoms with Gasteiger partial charge in [0, 0.05) is 6.04 Å². The second kappa shape index (κ2) is 6.68. The van der Waals surface area contributed by atoms with Gasteiger partial charge in [-0.2, -0.15) is 0 Å². The molecule has 0 saturated heterocycles. The highest BCUT2D eigenvalue weighted by atomic mass is 19.2. The molecule has 2 aromatic carbocycles. The molecule has 0 bridgehead atoms. The van der Waals surface area contributed by atoms with Crippen LogP contribution in [-0.2, 0) is 13.0 Å². The maximum atomic E-state index is 13.2. The van der Waals surface area contributed by atoms with Gasteiger partial charge in [0.1, 0.15) is 12.4 Å². The normalized spacial score (nSPS) is 12.2. The largest absolute Gasteiger partial charge is 0.489 e. The highest BCUT2D eigenvalue weighted by Gasteiger charge is 2.08. The Kier molecular flexibility index (Phi) is 4.91. The highest BCUT2D eigenvalue weighted by Crippen LogP contribution is 2.23. The van der Waals surface area contributed by atoms with Crippen LogP contribution in [0.3, 0.4) is 0 Å². The van der Waals surface area contributed by atoms with E-state index in [2.05, 4.69) is 0 Å². The Bertz CT molecular complexity index is 626. The summed E-state index contributed by atoms with van der Waals surface area (Å²) in [4.78, 5) is 0. The number of ether oxygens (including phenoxy) is 1. The summed E-state index contributed by atoms with van der Waals surface area (Å²) in [7, 11) is 0. The molecule has 2 N–H and O–H groups in total. The molecular formula is C17H19F2NO. The molecule has 2 nitrogen and oxygen atoms in total. The lowest BCUT2D eigenvalue weighted by molar-refractivity contribution is 0.301. The predicted molar refractivity (Wildman–Crippen MR) is 79.2 cm³/mol. The Labute approximate surface area is 123 Å². The van der Waals surface area contributed by atoms with Crippen LogP contribution in [0.2, 0.25) is 0 Å². The summed E-state index contributed by atoms with van der Waals surface area (Å²) in [6, 6.07) is 9.65.